The predicted molar refractivity (Wildman–Crippen MR) is 75.0 cm³/mol. The molecule has 3 N–H and O–H groups in total. The number of hydrogen-bond donors (Lipinski definition) is 2. The molecule has 0 bridgehead atoms. The maximum absolute atomic E-state index is 12.3. The number of nitrogens with zero attached hydrogens (tertiary/aromatic N) is 1. The number of amides is 2. The van der Waals surface area contributed by atoms with E-state index in [1.807, 2.05) is 35.2 Å². The Morgan fingerprint density at radius 1 is 1.47 bits per heavy atom. The van der Waals surface area contributed by atoms with Gasteiger partial charge in [-0.2, -0.15) is 0 Å². The van der Waals surface area contributed by atoms with Gasteiger partial charge in [0.25, 0.3) is 0 Å². The van der Waals surface area contributed by atoms with E-state index in [1.165, 1.54) is 0 Å². The molecule has 1 fully saturated rings. The van der Waals surface area contributed by atoms with Crippen LogP contribution < -0.4 is 11.1 Å². The van der Waals surface area contributed by atoms with Crippen LogP contribution >= 0.6 is 0 Å². The molecule has 0 aliphatic carbocycles. The third-order valence-electron chi connectivity index (χ3n) is 3.56. The number of ether oxygens (including phenoxy) is 1. The molecule has 1 saturated heterocycles. The molecule has 2 amide bonds. The van der Waals surface area contributed by atoms with Gasteiger partial charge in [0, 0.05) is 31.9 Å². The molecule has 1 heterocycles. The van der Waals surface area contributed by atoms with Gasteiger partial charge in [-0.25, -0.2) is 4.79 Å². The van der Waals surface area contributed by atoms with Gasteiger partial charge in [0.1, 0.15) is 0 Å². The van der Waals surface area contributed by atoms with E-state index in [0.29, 0.717) is 13.1 Å². The molecular weight excluding hydrogens is 242 g/mol. The summed E-state index contributed by atoms with van der Waals surface area (Å²) >= 11 is 0. The van der Waals surface area contributed by atoms with Crippen molar-refractivity contribution in [1.29, 1.82) is 0 Å². The van der Waals surface area contributed by atoms with Gasteiger partial charge in [-0.05, 0) is 25.0 Å². The fourth-order valence-electron chi connectivity index (χ4n) is 2.44. The highest BCUT2D eigenvalue weighted by Crippen LogP contribution is 2.20. The molecule has 2 atom stereocenters. The standard InChI is InChI=1S/C14H21N3O2/c1-19-13-7-8-17(12(9-13)10-15)14(18)16-11-5-3-2-4-6-11/h2-6,12-13H,7-10,15H2,1H3,(H,16,18). The van der Waals surface area contributed by atoms with Crippen molar-refractivity contribution in [2.45, 2.75) is 25.0 Å². The number of urea groups is 1. The normalized spacial score (nSPS) is 23.2. The number of nitrogens with one attached hydrogen (secondary N) is 1. The van der Waals surface area contributed by atoms with Crippen LogP contribution in [0.5, 0.6) is 0 Å². The van der Waals surface area contributed by atoms with Crippen molar-refractivity contribution in [2.24, 2.45) is 5.73 Å². The highest BCUT2D eigenvalue weighted by atomic mass is 16.5. The number of piperidine rings is 1. The molecule has 0 aromatic heterocycles. The molecule has 5 heteroatoms. The predicted octanol–water partition coefficient (Wildman–Crippen LogP) is 1.66. The van der Waals surface area contributed by atoms with Crippen LogP contribution in [0.4, 0.5) is 10.5 Å². The Kier molecular flexibility index (Phi) is 4.76. The van der Waals surface area contributed by atoms with E-state index in [4.69, 9.17) is 10.5 Å². The Morgan fingerprint density at radius 3 is 2.84 bits per heavy atom. The zero-order chi connectivity index (χ0) is 13.7. The van der Waals surface area contributed by atoms with Crippen LogP contribution in [-0.2, 0) is 4.74 Å². The third-order valence-corrected chi connectivity index (χ3v) is 3.56. The second kappa shape index (κ2) is 6.54. The molecule has 1 aliphatic rings. The van der Waals surface area contributed by atoms with Crippen molar-refractivity contribution in [2.75, 3.05) is 25.5 Å². The zero-order valence-electron chi connectivity index (χ0n) is 11.2. The summed E-state index contributed by atoms with van der Waals surface area (Å²) in [6.07, 6.45) is 1.86. The van der Waals surface area contributed by atoms with Gasteiger partial charge < -0.3 is 20.7 Å². The lowest BCUT2D eigenvalue weighted by atomic mass is 10.00. The fraction of sp³-hybridized carbons (Fsp3) is 0.500. The Balaban J connectivity index is 1.98. The SMILES string of the molecule is COC1CCN(C(=O)Nc2ccccc2)C(CN)C1. The van der Waals surface area contributed by atoms with Gasteiger partial charge in [-0.1, -0.05) is 18.2 Å². The Labute approximate surface area is 113 Å². The summed E-state index contributed by atoms with van der Waals surface area (Å²) in [4.78, 5) is 14.1. The van der Waals surface area contributed by atoms with E-state index in [-0.39, 0.29) is 18.2 Å². The van der Waals surface area contributed by atoms with E-state index >= 15 is 0 Å². The van der Waals surface area contributed by atoms with Crippen molar-refractivity contribution in [1.82, 2.24) is 4.90 Å². The number of likely N-dealkylation sites (tertiary alicyclic amines) is 1. The van der Waals surface area contributed by atoms with Gasteiger partial charge in [0.2, 0.25) is 0 Å². The average Bonchev–Trinajstić information content (AvgIpc) is 2.47. The number of carbonyl (C=O) groups excluding carboxylic acids is 1. The first kappa shape index (κ1) is 13.8. The van der Waals surface area contributed by atoms with Gasteiger partial charge in [0.15, 0.2) is 0 Å². The summed E-state index contributed by atoms with van der Waals surface area (Å²) in [7, 11) is 1.71. The highest BCUT2D eigenvalue weighted by molar-refractivity contribution is 5.89. The van der Waals surface area contributed by atoms with Gasteiger partial charge in [-0.3, -0.25) is 0 Å². The van der Waals surface area contributed by atoms with Crippen LogP contribution in [-0.4, -0.2) is 43.3 Å². The van der Waals surface area contributed by atoms with Crippen LogP contribution in [0.15, 0.2) is 30.3 Å². The molecule has 0 spiro atoms. The molecule has 2 unspecified atom stereocenters. The minimum Gasteiger partial charge on any atom is -0.381 e. The summed E-state index contributed by atoms with van der Waals surface area (Å²) in [5, 5.41) is 2.90. The largest absolute Gasteiger partial charge is 0.381 e. The van der Waals surface area contributed by atoms with E-state index < -0.39 is 0 Å². The molecule has 19 heavy (non-hydrogen) atoms. The van der Waals surface area contributed by atoms with Crippen molar-refractivity contribution in [3.63, 3.8) is 0 Å². The topological polar surface area (TPSA) is 67.6 Å². The molecule has 2 rings (SSSR count). The number of rotatable bonds is 3. The lowest BCUT2D eigenvalue weighted by Crippen LogP contribution is -2.52. The highest BCUT2D eigenvalue weighted by Gasteiger charge is 2.30. The quantitative estimate of drug-likeness (QED) is 0.871. The maximum atomic E-state index is 12.3. The minimum atomic E-state index is -0.0868. The van der Waals surface area contributed by atoms with Crippen LogP contribution in [0.1, 0.15) is 12.8 Å². The Bertz CT molecular complexity index is 410. The number of nitrogens with two attached hydrogens (primary N) is 1. The molecular formula is C14H21N3O2. The lowest BCUT2D eigenvalue weighted by Gasteiger charge is -2.38. The number of anilines is 1. The number of para-hydroxylation sites is 1. The first-order valence-electron chi connectivity index (χ1n) is 6.60. The van der Waals surface area contributed by atoms with E-state index in [0.717, 1.165) is 18.5 Å². The van der Waals surface area contributed by atoms with E-state index in [1.54, 1.807) is 7.11 Å². The first-order valence-corrected chi connectivity index (χ1v) is 6.60. The Hall–Kier alpha value is -1.59. The zero-order valence-corrected chi connectivity index (χ0v) is 11.2. The van der Waals surface area contributed by atoms with Crippen LogP contribution in [0, 0.1) is 0 Å². The Morgan fingerprint density at radius 2 is 2.21 bits per heavy atom. The van der Waals surface area contributed by atoms with Gasteiger partial charge in [0.05, 0.1) is 6.10 Å². The van der Waals surface area contributed by atoms with Gasteiger partial charge in [-0.15, -0.1) is 0 Å². The molecule has 1 aromatic carbocycles. The number of carbonyl (C=O) groups is 1. The van der Waals surface area contributed by atoms with E-state index in [2.05, 4.69) is 5.32 Å². The lowest BCUT2D eigenvalue weighted by molar-refractivity contribution is 0.0292. The summed E-state index contributed by atoms with van der Waals surface area (Å²) in [5.74, 6) is 0. The summed E-state index contributed by atoms with van der Waals surface area (Å²) in [5.41, 5.74) is 6.57. The fourth-order valence-corrected chi connectivity index (χ4v) is 2.44. The molecule has 0 saturated carbocycles. The van der Waals surface area contributed by atoms with Crippen LogP contribution in [0.3, 0.4) is 0 Å². The molecule has 1 aliphatic heterocycles. The third kappa shape index (κ3) is 3.45. The second-order valence-electron chi connectivity index (χ2n) is 4.76. The van der Waals surface area contributed by atoms with Crippen molar-refractivity contribution >= 4 is 11.7 Å². The number of benzene rings is 1. The molecule has 5 nitrogen and oxygen atoms in total. The summed E-state index contributed by atoms with van der Waals surface area (Å²) in [6.45, 7) is 1.14. The first-order chi connectivity index (χ1) is 9.24. The minimum absolute atomic E-state index is 0.0439. The van der Waals surface area contributed by atoms with Crippen LogP contribution in [0.25, 0.3) is 0 Å². The van der Waals surface area contributed by atoms with E-state index in [9.17, 15) is 4.79 Å². The number of methoxy groups -OCH3 is 1. The maximum Gasteiger partial charge on any atom is 0.322 e. The summed E-state index contributed by atoms with van der Waals surface area (Å²) < 4.78 is 5.36. The average molecular weight is 263 g/mol. The summed E-state index contributed by atoms with van der Waals surface area (Å²) in [6, 6.07) is 9.41. The monoisotopic (exact) mass is 263 g/mol. The smallest absolute Gasteiger partial charge is 0.322 e. The van der Waals surface area contributed by atoms with Crippen molar-refractivity contribution in [3.05, 3.63) is 30.3 Å². The second-order valence-corrected chi connectivity index (χ2v) is 4.76. The molecule has 1 aromatic rings. The molecule has 104 valence electrons. The van der Waals surface area contributed by atoms with Gasteiger partial charge >= 0.3 is 6.03 Å². The van der Waals surface area contributed by atoms with Crippen molar-refractivity contribution < 1.29 is 9.53 Å². The number of hydrogen-bond acceptors (Lipinski definition) is 3. The van der Waals surface area contributed by atoms with Crippen molar-refractivity contribution in [3.8, 4) is 0 Å². The van der Waals surface area contributed by atoms with Crippen LogP contribution in [0.2, 0.25) is 0 Å². The molecule has 0 radical (unpaired) electrons.